The molecule has 0 bridgehead atoms. The summed E-state index contributed by atoms with van der Waals surface area (Å²) in [7, 11) is 0. The van der Waals surface area contributed by atoms with Gasteiger partial charge in [0.2, 0.25) is 0 Å². The van der Waals surface area contributed by atoms with Crippen LogP contribution in [-0.2, 0) is 0 Å². The number of aromatic carboxylic acids is 1. The van der Waals surface area contributed by atoms with E-state index < -0.39 is 5.97 Å². The zero-order valence-corrected chi connectivity index (χ0v) is 37.4. The van der Waals surface area contributed by atoms with Crippen LogP contribution >= 0.6 is 15.9 Å². The Morgan fingerprint density at radius 1 is 0.470 bits per heavy atom. The lowest BCUT2D eigenvalue weighted by molar-refractivity contribution is 0.0698. The number of carboxylic acid groups (broad SMARTS) is 1. The first kappa shape index (κ1) is 44.6. The van der Waals surface area contributed by atoms with Crippen molar-refractivity contribution in [3.05, 3.63) is 239 Å². The van der Waals surface area contributed by atoms with Gasteiger partial charge in [-0.05, 0) is 175 Å². The largest absolute Gasteiger partial charge is 0.478 e. The number of carboxylic acids is 1. The second-order valence-electron chi connectivity index (χ2n) is 15.4. The summed E-state index contributed by atoms with van der Waals surface area (Å²) in [5.74, 6) is -1.83. The van der Waals surface area contributed by atoms with Gasteiger partial charge in [-0.2, -0.15) is 0 Å². The molecule has 10 rings (SSSR count). The summed E-state index contributed by atoms with van der Waals surface area (Å²) in [6.45, 7) is 4.09. The van der Waals surface area contributed by atoms with Gasteiger partial charge in [0.05, 0.1) is 22.3 Å². The lowest BCUT2D eigenvalue weighted by Crippen LogP contribution is -2.04. The van der Waals surface area contributed by atoms with Crippen molar-refractivity contribution in [1.82, 2.24) is 9.13 Å². The predicted octanol–water partition coefficient (Wildman–Crippen LogP) is 15.7. The van der Waals surface area contributed by atoms with Crippen LogP contribution in [0.1, 0.15) is 21.5 Å². The van der Waals surface area contributed by atoms with Crippen LogP contribution in [0.4, 0.5) is 47.3 Å². The zero-order valence-electron chi connectivity index (χ0n) is 35.8. The van der Waals surface area contributed by atoms with E-state index in [4.69, 9.17) is 0 Å². The molecule has 4 N–H and O–H groups in total. The third-order valence-corrected chi connectivity index (χ3v) is 11.3. The van der Waals surface area contributed by atoms with E-state index in [1.54, 1.807) is 54.6 Å². The third kappa shape index (κ3) is 10.8. The van der Waals surface area contributed by atoms with Gasteiger partial charge < -0.3 is 30.2 Å². The van der Waals surface area contributed by atoms with Crippen LogP contribution in [0.15, 0.2) is 205 Å². The van der Waals surface area contributed by atoms with E-state index >= 15 is 0 Å². The maximum absolute atomic E-state index is 13.1. The maximum atomic E-state index is 13.1. The van der Waals surface area contributed by atoms with Crippen molar-refractivity contribution in [2.24, 2.45) is 0 Å². The Kier molecular flexibility index (Phi) is 13.7. The van der Waals surface area contributed by atoms with Crippen molar-refractivity contribution in [1.29, 1.82) is 0 Å². The molecule has 2 aromatic heterocycles. The maximum Gasteiger partial charge on any atom is 0.337 e. The van der Waals surface area contributed by atoms with Crippen LogP contribution in [0.3, 0.4) is 0 Å². The lowest BCUT2D eigenvalue weighted by Gasteiger charge is -2.13. The van der Waals surface area contributed by atoms with E-state index in [-0.39, 0.29) is 23.0 Å². The number of aryl methyl sites for hydroxylation is 2. The highest BCUT2D eigenvalue weighted by atomic mass is 79.9. The molecule has 328 valence electrons. The molecule has 11 heteroatoms. The van der Waals surface area contributed by atoms with Gasteiger partial charge in [0.15, 0.2) is 0 Å². The predicted molar refractivity (Wildman–Crippen MR) is 266 cm³/mol. The SMILES string of the molecule is Cc1ccc(-n2ccc3ccccc32)cc1Nc1ccc(F)cc1.Cc1ccc(Br)cc1Nc1ccc(F)cc1.O=C(O)c1ccc(-n2ccc3ccccc32)cc1Nc1ccc(F)cc1. The Balaban J connectivity index is 0.000000139. The van der Waals surface area contributed by atoms with E-state index in [2.05, 4.69) is 86.0 Å². The quantitative estimate of drug-likeness (QED) is 0.116. The first-order valence-corrected chi connectivity index (χ1v) is 21.7. The van der Waals surface area contributed by atoms with Gasteiger partial charge in [0.25, 0.3) is 0 Å². The summed E-state index contributed by atoms with van der Waals surface area (Å²) in [4.78, 5) is 11.6. The minimum atomic E-state index is -1.03. The highest BCUT2D eigenvalue weighted by Crippen LogP contribution is 2.30. The van der Waals surface area contributed by atoms with Crippen LogP contribution in [0.2, 0.25) is 0 Å². The van der Waals surface area contributed by atoms with Gasteiger partial charge in [-0.3, -0.25) is 0 Å². The average Bonchev–Trinajstić information content (AvgIpc) is 3.96. The smallest absolute Gasteiger partial charge is 0.337 e. The topological polar surface area (TPSA) is 83.2 Å². The van der Waals surface area contributed by atoms with Crippen molar-refractivity contribution in [2.75, 3.05) is 16.0 Å². The highest BCUT2D eigenvalue weighted by Gasteiger charge is 2.13. The van der Waals surface area contributed by atoms with E-state index in [1.165, 1.54) is 47.3 Å². The second-order valence-corrected chi connectivity index (χ2v) is 16.3. The number of aromatic nitrogens is 2. The van der Waals surface area contributed by atoms with Crippen molar-refractivity contribution in [3.8, 4) is 11.4 Å². The van der Waals surface area contributed by atoms with Crippen molar-refractivity contribution < 1.29 is 23.1 Å². The number of para-hydroxylation sites is 2. The lowest BCUT2D eigenvalue weighted by atomic mass is 10.1. The van der Waals surface area contributed by atoms with Crippen LogP contribution in [-0.4, -0.2) is 20.2 Å². The fourth-order valence-electron chi connectivity index (χ4n) is 7.28. The second kappa shape index (κ2) is 20.2. The number of anilines is 6. The Hall–Kier alpha value is -8.02. The number of halogens is 4. The van der Waals surface area contributed by atoms with Gasteiger partial charge in [-0.15, -0.1) is 0 Å². The summed E-state index contributed by atoms with van der Waals surface area (Å²) in [5.41, 5.74) is 11.4. The number of fused-ring (bicyclic) bond motifs is 2. The van der Waals surface area contributed by atoms with Gasteiger partial charge in [0.1, 0.15) is 17.5 Å². The highest BCUT2D eigenvalue weighted by molar-refractivity contribution is 9.10. The van der Waals surface area contributed by atoms with E-state index in [0.29, 0.717) is 11.4 Å². The molecule has 2 heterocycles. The summed E-state index contributed by atoms with van der Waals surface area (Å²) in [5, 5.41) is 21.5. The molecule has 0 atom stereocenters. The first-order chi connectivity index (χ1) is 32.0. The summed E-state index contributed by atoms with van der Waals surface area (Å²) < 4.78 is 44.1. The molecule has 0 aliphatic rings. The molecule has 0 aliphatic heterocycles. The molecule has 0 saturated carbocycles. The Morgan fingerprint density at radius 2 is 0.864 bits per heavy atom. The number of carbonyl (C=O) groups is 1. The minimum Gasteiger partial charge on any atom is -0.478 e. The standard InChI is InChI=1S/C21H15FN2O2.C21H17FN2.C13H11BrFN/c22-15-5-7-16(8-6-15)23-19-13-17(9-10-18(19)21(25)26)24-12-11-14-3-1-2-4-20(14)24;1-15-6-11-19(24-13-12-16-4-2-3-5-21(16)24)14-20(15)23-18-9-7-17(22)8-10-18;1-9-2-3-10(14)8-13(9)16-12-6-4-11(15)5-7-12/h1-13,23H,(H,25,26);2-14,23H,1H3;2-8,16H,1H3. The molecule has 10 aromatic rings. The van der Waals surface area contributed by atoms with E-state index in [0.717, 1.165) is 60.6 Å². The molecule has 66 heavy (non-hydrogen) atoms. The number of rotatable bonds is 9. The molecular formula is C55H43BrF3N5O2. The number of nitrogens with zero attached hydrogens (tertiary/aromatic N) is 2. The molecule has 0 saturated heterocycles. The number of hydrogen-bond donors (Lipinski definition) is 4. The normalized spacial score (nSPS) is 10.7. The van der Waals surface area contributed by atoms with Crippen LogP contribution in [0.25, 0.3) is 33.2 Å². The summed E-state index contributed by atoms with van der Waals surface area (Å²) in [6.07, 6.45) is 4.03. The number of benzene rings is 8. The Labute approximate surface area is 388 Å². The fraction of sp³-hybridized carbons (Fsp3) is 0.0364. The molecule has 0 fully saturated rings. The fourth-order valence-corrected chi connectivity index (χ4v) is 7.64. The molecule has 7 nitrogen and oxygen atoms in total. The Bertz CT molecular complexity index is 3280. The number of hydrogen-bond acceptors (Lipinski definition) is 4. The first-order valence-electron chi connectivity index (χ1n) is 20.9. The molecule has 0 radical (unpaired) electrons. The molecule has 0 unspecified atom stereocenters. The third-order valence-electron chi connectivity index (χ3n) is 10.8. The van der Waals surface area contributed by atoms with Crippen LogP contribution in [0, 0.1) is 31.3 Å². The molecule has 8 aromatic carbocycles. The molecule has 0 amide bonds. The molecule has 0 aliphatic carbocycles. The number of nitrogens with one attached hydrogen (secondary N) is 3. The Morgan fingerprint density at radius 3 is 1.33 bits per heavy atom. The van der Waals surface area contributed by atoms with Crippen molar-refractivity contribution >= 4 is 77.8 Å². The minimum absolute atomic E-state index is 0.148. The summed E-state index contributed by atoms with van der Waals surface area (Å²) in [6, 6.07) is 56.4. The van der Waals surface area contributed by atoms with Gasteiger partial charge in [-0.25, -0.2) is 18.0 Å². The van der Waals surface area contributed by atoms with Crippen molar-refractivity contribution in [3.63, 3.8) is 0 Å². The van der Waals surface area contributed by atoms with Crippen LogP contribution in [0.5, 0.6) is 0 Å². The van der Waals surface area contributed by atoms with Gasteiger partial charge in [0, 0.05) is 56.7 Å². The van der Waals surface area contributed by atoms with Crippen LogP contribution < -0.4 is 16.0 Å². The van der Waals surface area contributed by atoms with E-state index in [1.807, 2.05) is 78.4 Å². The monoisotopic (exact) mass is 941 g/mol. The van der Waals surface area contributed by atoms with Crippen molar-refractivity contribution in [2.45, 2.75) is 13.8 Å². The molecule has 0 spiro atoms. The summed E-state index contributed by atoms with van der Waals surface area (Å²) >= 11 is 3.42. The van der Waals surface area contributed by atoms with E-state index in [9.17, 15) is 23.1 Å². The molecular weight excluding hydrogens is 900 g/mol. The zero-order chi connectivity index (χ0) is 46.2. The average molecular weight is 943 g/mol. The van der Waals surface area contributed by atoms with Gasteiger partial charge in [-0.1, -0.05) is 64.5 Å². The van der Waals surface area contributed by atoms with Gasteiger partial charge >= 0.3 is 5.97 Å².